The molecule has 2 nitrogen and oxygen atoms in total. The summed E-state index contributed by atoms with van der Waals surface area (Å²) in [6.45, 7) is 7.18. The van der Waals surface area contributed by atoms with Gasteiger partial charge in [0.25, 0.3) is 0 Å². The molecule has 2 rings (SSSR count). The average molecular weight is 236 g/mol. The maximum atomic E-state index is 13.4. The van der Waals surface area contributed by atoms with Gasteiger partial charge in [-0.3, -0.25) is 0 Å². The van der Waals surface area contributed by atoms with Crippen LogP contribution >= 0.6 is 0 Å². The standard InChI is InChI=1S/C14H21FN2/c1-9-6-12(15)8-13(7-9)17-5-4-14(16)10(2)11(17)3/h6-8,10-11,14H,4-5,16H2,1-3H3. The van der Waals surface area contributed by atoms with Crippen LogP contribution in [0.3, 0.4) is 0 Å². The van der Waals surface area contributed by atoms with Gasteiger partial charge in [-0.25, -0.2) is 4.39 Å². The highest BCUT2D eigenvalue weighted by Crippen LogP contribution is 2.29. The van der Waals surface area contributed by atoms with Crippen molar-refractivity contribution >= 4 is 5.69 Å². The van der Waals surface area contributed by atoms with E-state index in [1.54, 1.807) is 12.1 Å². The smallest absolute Gasteiger partial charge is 0.125 e. The zero-order valence-electron chi connectivity index (χ0n) is 10.8. The van der Waals surface area contributed by atoms with Crippen LogP contribution in [0.2, 0.25) is 0 Å². The molecule has 1 fully saturated rings. The minimum Gasteiger partial charge on any atom is -0.368 e. The second kappa shape index (κ2) is 4.65. The third-order valence-corrected chi connectivity index (χ3v) is 3.99. The fraction of sp³-hybridized carbons (Fsp3) is 0.571. The van der Waals surface area contributed by atoms with Gasteiger partial charge >= 0.3 is 0 Å². The predicted molar refractivity (Wildman–Crippen MR) is 69.7 cm³/mol. The number of aryl methyl sites for hydroxylation is 1. The van der Waals surface area contributed by atoms with Crippen molar-refractivity contribution in [3.8, 4) is 0 Å². The predicted octanol–water partition coefficient (Wildman–Crippen LogP) is 2.70. The van der Waals surface area contributed by atoms with Crippen molar-refractivity contribution in [3.05, 3.63) is 29.6 Å². The second-order valence-electron chi connectivity index (χ2n) is 5.23. The van der Waals surface area contributed by atoms with Gasteiger partial charge in [-0.2, -0.15) is 0 Å². The first kappa shape index (κ1) is 12.4. The van der Waals surface area contributed by atoms with Crippen molar-refractivity contribution in [3.63, 3.8) is 0 Å². The summed E-state index contributed by atoms with van der Waals surface area (Å²) < 4.78 is 13.4. The molecule has 17 heavy (non-hydrogen) atoms. The zero-order chi connectivity index (χ0) is 12.6. The Labute approximate surface area is 103 Å². The summed E-state index contributed by atoms with van der Waals surface area (Å²) in [6.07, 6.45) is 0.973. The number of nitrogens with zero attached hydrogens (tertiary/aromatic N) is 1. The molecule has 0 saturated carbocycles. The monoisotopic (exact) mass is 236 g/mol. The molecule has 3 unspecified atom stereocenters. The largest absolute Gasteiger partial charge is 0.368 e. The summed E-state index contributed by atoms with van der Waals surface area (Å²) in [5.74, 6) is 0.280. The van der Waals surface area contributed by atoms with Crippen LogP contribution in [-0.4, -0.2) is 18.6 Å². The second-order valence-corrected chi connectivity index (χ2v) is 5.23. The van der Waals surface area contributed by atoms with E-state index in [0.717, 1.165) is 24.2 Å². The molecule has 0 amide bonds. The van der Waals surface area contributed by atoms with Crippen LogP contribution < -0.4 is 10.6 Å². The Morgan fingerprint density at radius 3 is 2.65 bits per heavy atom. The van der Waals surface area contributed by atoms with E-state index in [9.17, 15) is 4.39 Å². The van der Waals surface area contributed by atoms with Gasteiger partial charge in [0.05, 0.1) is 0 Å². The van der Waals surface area contributed by atoms with Crippen molar-refractivity contribution in [2.75, 3.05) is 11.4 Å². The SMILES string of the molecule is Cc1cc(F)cc(N2CCC(N)C(C)C2C)c1. The molecule has 0 radical (unpaired) electrons. The number of piperidine rings is 1. The van der Waals surface area contributed by atoms with Gasteiger partial charge in [0, 0.05) is 24.3 Å². The Balaban J connectivity index is 2.27. The van der Waals surface area contributed by atoms with E-state index in [2.05, 4.69) is 18.7 Å². The van der Waals surface area contributed by atoms with E-state index in [4.69, 9.17) is 5.73 Å². The van der Waals surface area contributed by atoms with E-state index in [1.807, 2.05) is 13.0 Å². The van der Waals surface area contributed by atoms with Gasteiger partial charge in [0.1, 0.15) is 5.82 Å². The highest BCUT2D eigenvalue weighted by molar-refractivity contribution is 5.50. The molecule has 1 aromatic rings. The Morgan fingerprint density at radius 1 is 1.29 bits per heavy atom. The zero-order valence-corrected chi connectivity index (χ0v) is 10.8. The number of nitrogens with two attached hydrogens (primary N) is 1. The van der Waals surface area contributed by atoms with Gasteiger partial charge in [0.15, 0.2) is 0 Å². The first-order valence-electron chi connectivity index (χ1n) is 6.28. The van der Waals surface area contributed by atoms with Crippen LogP contribution in [0.25, 0.3) is 0 Å². The molecule has 1 aliphatic heterocycles. The molecule has 1 aliphatic rings. The molecule has 1 aromatic carbocycles. The summed E-state index contributed by atoms with van der Waals surface area (Å²) in [4.78, 5) is 2.27. The van der Waals surface area contributed by atoms with Crippen LogP contribution in [-0.2, 0) is 0 Å². The Bertz CT molecular complexity index is 385. The molecular weight excluding hydrogens is 215 g/mol. The van der Waals surface area contributed by atoms with Crippen molar-refractivity contribution in [2.24, 2.45) is 11.7 Å². The van der Waals surface area contributed by atoms with E-state index < -0.39 is 0 Å². The van der Waals surface area contributed by atoms with Crippen molar-refractivity contribution < 1.29 is 4.39 Å². The fourth-order valence-corrected chi connectivity index (χ4v) is 2.64. The van der Waals surface area contributed by atoms with Gasteiger partial charge in [0.2, 0.25) is 0 Å². The van der Waals surface area contributed by atoms with Gasteiger partial charge < -0.3 is 10.6 Å². The first-order valence-corrected chi connectivity index (χ1v) is 6.28. The van der Waals surface area contributed by atoms with Crippen LogP contribution in [0.15, 0.2) is 18.2 Å². The molecule has 1 saturated heterocycles. The fourth-order valence-electron chi connectivity index (χ4n) is 2.64. The maximum absolute atomic E-state index is 13.4. The molecule has 0 aromatic heterocycles. The molecule has 0 aliphatic carbocycles. The van der Waals surface area contributed by atoms with E-state index >= 15 is 0 Å². The normalized spacial score (nSPS) is 29.5. The Hall–Kier alpha value is -1.09. The lowest BCUT2D eigenvalue weighted by Gasteiger charge is -2.43. The quantitative estimate of drug-likeness (QED) is 0.812. The lowest BCUT2D eigenvalue weighted by molar-refractivity contribution is 0.315. The van der Waals surface area contributed by atoms with Crippen molar-refractivity contribution in [1.29, 1.82) is 0 Å². The maximum Gasteiger partial charge on any atom is 0.125 e. The lowest BCUT2D eigenvalue weighted by atomic mass is 9.87. The number of anilines is 1. The molecule has 0 bridgehead atoms. The van der Waals surface area contributed by atoms with Crippen LogP contribution in [0, 0.1) is 18.7 Å². The third-order valence-electron chi connectivity index (χ3n) is 3.99. The lowest BCUT2D eigenvalue weighted by Crippen LogP contribution is -2.51. The number of hydrogen-bond donors (Lipinski definition) is 1. The molecule has 3 heteroatoms. The van der Waals surface area contributed by atoms with Gasteiger partial charge in [-0.05, 0) is 49.9 Å². The van der Waals surface area contributed by atoms with Gasteiger partial charge in [-0.15, -0.1) is 0 Å². The van der Waals surface area contributed by atoms with Crippen molar-refractivity contribution in [2.45, 2.75) is 39.3 Å². The van der Waals surface area contributed by atoms with E-state index in [-0.39, 0.29) is 11.9 Å². The molecule has 3 atom stereocenters. The number of benzene rings is 1. The Kier molecular flexibility index (Phi) is 3.38. The van der Waals surface area contributed by atoms with Gasteiger partial charge in [-0.1, -0.05) is 6.92 Å². The first-order chi connectivity index (χ1) is 7.99. The summed E-state index contributed by atoms with van der Waals surface area (Å²) in [5, 5.41) is 0. The molecule has 1 heterocycles. The topological polar surface area (TPSA) is 29.3 Å². The highest BCUT2D eigenvalue weighted by atomic mass is 19.1. The number of halogens is 1. The minimum atomic E-state index is -0.158. The average Bonchev–Trinajstić information content (AvgIpc) is 2.24. The minimum absolute atomic E-state index is 0.158. The van der Waals surface area contributed by atoms with E-state index in [1.165, 1.54) is 0 Å². The summed E-state index contributed by atoms with van der Waals surface area (Å²) in [6, 6.07) is 5.85. The summed E-state index contributed by atoms with van der Waals surface area (Å²) >= 11 is 0. The van der Waals surface area contributed by atoms with Crippen LogP contribution in [0.4, 0.5) is 10.1 Å². The van der Waals surface area contributed by atoms with Crippen LogP contribution in [0.1, 0.15) is 25.8 Å². The molecule has 94 valence electrons. The highest BCUT2D eigenvalue weighted by Gasteiger charge is 2.30. The molecule has 0 spiro atoms. The number of rotatable bonds is 1. The summed E-state index contributed by atoms with van der Waals surface area (Å²) in [7, 11) is 0. The number of hydrogen-bond acceptors (Lipinski definition) is 2. The summed E-state index contributed by atoms with van der Waals surface area (Å²) in [5.41, 5.74) is 8.02. The van der Waals surface area contributed by atoms with E-state index in [0.29, 0.717) is 12.0 Å². The molecular formula is C14H21FN2. The third kappa shape index (κ3) is 2.44. The van der Waals surface area contributed by atoms with Crippen molar-refractivity contribution in [1.82, 2.24) is 0 Å². The Morgan fingerprint density at radius 2 is 2.00 bits per heavy atom. The molecule has 2 N–H and O–H groups in total. The van der Waals surface area contributed by atoms with Crippen LogP contribution in [0.5, 0.6) is 0 Å².